The largest absolute Gasteiger partial charge is 0.368 e. The minimum absolute atomic E-state index is 0.129. The fraction of sp³-hybridized carbons (Fsp3) is 0.750. The van der Waals surface area contributed by atoms with Gasteiger partial charge in [-0.15, -0.1) is 0 Å². The fourth-order valence-electron chi connectivity index (χ4n) is 3.24. The Labute approximate surface area is 145 Å². The van der Waals surface area contributed by atoms with E-state index in [1.54, 1.807) is 19.0 Å². The number of nitrogens with zero attached hydrogens (tertiary/aromatic N) is 4. The van der Waals surface area contributed by atoms with Gasteiger partial charge in [0.25, 0.3) is 5.91 Å². The number of nitrogens with one attached hydrogen (secondary N) is 1. The van der Waals surface area contributed by atoms with Crippen molar-refractivity contribution in [2.75, 3.05) is 13.7 Å². The van der Waals surface area contributed by atoms with Crippen molar-refractivity contribution in [3.05, 3.63) is 16.3 Å². The van der Waals surface area contributed by atoms with Crippen LogP contribution < -0.4 is 11.0 Å². The van der Waals surface area contributed by atoms with Crippen LogP contribution >= 0.6 is 0 Å². The van der Waals surface area contributed by atoms with Crippen LogP contribution in [0, 0.1) is 0 Å². The van der Waals surface area contributed by atoms with Gasteiger partial charge in [-0.25, -0.2) is 9.48 Å². The van der Waals surface area contributed by atoms with E-state index in [4.69, 9.17) is 4.74 Å². The minimum Gasteiger partial charge on any atom is -0.368 e. The predicted octanol–water partition coefficient (Wildman–Crippen LogP) is -0.705. The molecular formula is C16H25N5O4. The SMILES string of the molecule is COC1(C(=O)NC2CCCCN(Cc3nn(C)c(=O)n3C)C2=O)CC1. The third-order valence-corrected chi connectivity index (χ3v) is 5.14. The van der Waals surface area contributed by atoms with Gasteiger partial charge in [0, 0.05) is 27.7 Å². The molecule has 0 aromatic carbocycles. The van der Waals surface area contributed by atoms with Crippen molar-refractivity contribution in [1.82, 2.24) is 24.6 Å². The molecule has 1 aliphatic heterocycles. The molecule has 0 spiro atoms. The van der Waals surface area contributed by atoms with Crippen molar-refractivity contribution in [3.63, 3.8) is 0 Å². The van der Waals surface area contributed by atoms with Crippen molar-refractivity contribution < 1.29 is 14.3 Å². The number of likely N-dealkylation sites (tertiary alicyclic amines) is 1. The van der Waals surface area contributed by atoms with Gasteiger partial charge in [0.05, 0.1) is 6.54 Å². The molecule has 1 saturated heterocycles. The minimum atomic E-state index is -0.748. The van der Waals surface area contributed by atoms with E-state index in [0.29, 0.717) is 31.6 Å². The Kier molecular flexibility index (Phi) is 4.68. The maximum atomic E-state index is 12.9. The lowest BCUT2D eigenvalue weighted by molar-refractivity contribution is -0.141. The lowest BCUT2D eigenvalue weighted by Gasteiger charge is -2.25. The maximum Gasteiger partial charge on any atom is 0.345 e. The van der Waals surface area contributed by atoms with E-state index in [1.165, 1.54) is 16.4 Å². The fourth-order valence-corrected chi connectivity index (χ4v) is 3.24. The number of aryl methyl sites for hydroxylation is 1. The monoisotopic (exact) mass is 351 g/mol. The smallest absolute Gasteiger partial charge is 0.345 e. The highest BCUT2D eigenvalue weighted by Crippen LogP contribution is 2.39. The average Bonchev–Trinajstić information content (AvgIpc) is 3.38. The van der Waals surface area contributed by atoms with Crippen LogP contribution in [-0.2, 0) is 35.0 Å². The summed E-state index contributed by atoms with van der Waals surface area (Å²) in [4.78, 5) is 38.8. The first-order chi connectivity index (χ1) is 11.9. The highest BCUT2D eigenvalue weighted by Gasteiger charge is 2.51. The number of rotatable bonds is 5. The van der Waals surface area contributed by atoms with Gasteiger partial charge < -0.3 is 15.0 Å². The summed E-state index contributed by atoms with van der Waals surface area (Å²) in [5.41, 5.74) is -0.972. The van der Waals surface area contributed by atoms with Crippen LogP contribution in [0.15, 0.2) is 4.79 Å². The first-order valence-electron chi connectivity index (χ1n) is 8.62. The molecule has 1 saturated carbocycles. The first-order valence-corrected chi connectivity index (χ1v) is 8.62. The van der Waals surface area contributed by atoms with Crippen molar-refractivity contribution >= 4 is 11.8 Å². The van der Waals surface area contributed by atoms with Gasteiger partial charge in [-0.1, -0.05) is 0 Å². The number of hydrogen-bond acceptors (Lipinski definition) is 5. The van der Waals surface area contributed by atoms with Gasteiger partial charge in [0.1, 0.15) is 11.6 Å². The van der Waals surface area contributed by atoms with Gasteiger partial charge in [0.15, 0.2) is 5.82 Å². The Morgan fingerprint density at radius 2 is 2.04 bits per heavy atom. The van der Waals surface area contributed by atoms with Crippen molar-refractivity contribution in [1.29, 1.82) is 0 Å². The Balaban J connectivity index is 1.72. The number of amides is 2. The molecular weight excluding hydrogens is 326 g/mol. The van der Waals surface area contributed by atoms with Gasteiger partial charge >= 0.3 is 5.69 Å². The van der Waals surface area contributed by atoms with E-state index in [-0.39, 0.29) is 24.0 Å². The Morgan fingerprint density at radius 1 is 1.32 bits per heavy atom. The molecule has 1 aliphatic carbocycles. The molecule has 1 N–H and O–H groups in total. The molecule has 1 unspecified atom stereocenters. The number of carbonyl (C=O) groups is 2. The van der Waals surface area contributed by atoms with Crippen molar-refractivity contribution in [2.45, 2.75) is 50.3 Å². The first kappa shape index (κ1) is 17.7. The summed E-state index contributed by atoms with van der Waals surface area (Å²) in [6.07, 6.45) is 3.71. The van der Waals surface area contributed by atoms with Crippen molar-refractivity contribution in [2.24, 2.45) is 14.1 Å². The van der Waals surface area contributed by atoms with Crippen LogP contribution in [0.25, 0.3) is 0 Å². The summed E-state index contributed by atoms with van der Waals surface area (Å²) >= 11 is 0. The third-order valence-electron chi connectivity index (χ3n) is 5.14. The van der Waals surface area contributed by atoms with Gasteiger partial charge in [-0.05, 0) is 32.1 Å². The predicted molar refractivity (Wildman–Crippen MR) is 88.6 cm³/mol. The number of ether oxygens (including phenoxy) is 1. The quantitative estimate of drug-likeness (QED) is 0.756. The zero-order valence-electron chi connectivity index (χ0n) is 14.9. The second-order valence-corrected chi connectivity index (χ2v) is 6.86. The van der Waals surface area contributed by atoms with Crippen LogP contribution in [-0.4, -0.2) is 56.4 Å². The third kappa shape index (κ3) is 3.33. The Morgan fingerprint density at radius 3 is 2.60 bits per heavy atom. The molecule has 2 amide bonds. The summed E-state index contributed by atoms with van der Waals surface area (Å²) in [6, 6.07) is -0.552. The zero-order chi connectivity index (χ0) is 18.2. The van der Waals surface area contributed by atoms with E-state index in [9.17, 15) is 14.4 Å². The molecule has 1 aromatic rings. The normalized spacial score (nSPS) is 22.6. The molecule has 1 aromatic heterocycles. The second-order valence-electron chi connectivity index (χ2n) is 6.86. The summed E-state index contributed by atoms with van der Waals surface area (Å²) in [5, 5.41) is 7.04. The number of methoxy groups -OCH3 is 1. The molecule has 138 valence electrons. The number of carbonyl (C=O) groups excluding carboxylic acids is 2. The molecule has 25 heavy (non-hydrogen) atoms. The topological polar surface area (TPSA) is 98.5 Å². The van der Waals surface area contributed by atoms with E-state index in [0.717, 1.165) is 12.8 Å². The molecule has 2 heterocycles. The van der Waals surface area contributed by atoms with E-state index >= 15 is 0 Å². The lowest BCUT2D eigenvalue weighted by Crippen LogP contribution is -2.51. The Bertz CT molecular complexity index is 733. The second kappa shape index (κ2) is 6.62. The van der Waals surface area contributed by atoms with Crippen LogP contribution in [0.4, 0.5) is 0 Å². The summed E-state index contributed by atoms with van der Waals surface area (Å²) in [5.74, 6) is 0.194. The standard InChI is InChI=1S/C16H25N5O4/c1-19-12(18-20(2)15(19)24)10-21-9-5-4-6-11(13(21)22)17-14(23)16(25-3)7-8-16/h11H,4-10H2,1-3H3,(H,17,23). The van der Waals surface area contributed by atoms with Crippen LogP contribution in [0.5, 0.6) is 0 Å². The maximum absolute atomic E-state index is 12.9. The van der Waals surface area contributed by atoms with Gasteiger partial charge in [0.2, 0.25) is 5.91 Å². The molecule has 3 rings (SSSR count). The van der Waals surface area contributed by atoms with Crippen LogP contribution in [0.3, 0.4) is 0 Å². The Hall–Kier alpha value is -2.16. The number of hydrogen-bond donors (Lipinski definition) is 1. The molecule has 9 heteroatoms. The summed E-state index contributed by atoms with van der Waals surface area (Å²) in [6.45, 7) is 0.846. The van der Waals surface area contributed by atoms with E-state index < -0.39 is 11.6 Å². The molecule has 2 aliphatic rings. The molecule has 0 bridgehead atoms. The molecule has 9 nitrogen and oxygen atoms in total. The van der Waals surface area contributed by atoms with Crippen molar-refractivity contribution in [3.8, 4) is 0 Å². The molecule has 2 fully saturated rings. The summed E-state index contributed by atoms with van der Waals surface area (Å²) in [7, 11) is 4.75. The zero-order valence-corrected chi connectivity index (χ0v) is 14.9. The summed E-state index contributed by atoms with van der Waals surface area (Å²) < 4.78 is 7.98. The number of aromatic nitrogens is 3. The molecule has 1 atom stereocenters. The molecule has 0 radical (unpaired) electrons. The van der Waals surface area contributed by atoms with E-state index in [2.05, 4.69) is 10.4 Å². The average molecular weight is 351 g/mol. The highest BCUT2D eigenvalue weighted by molar-refractivity contribution is 5.93. The van der Waals surface area contributed by atoms with Gasteiger partial charge in [-0.2, -0.15) is 5.10 Å². The van der Waals surface area contributed by atoms with Crippen LogP contribution in [0.2, 0.25) is 0 Å². The van der Waals surface area contributed by atoms with Gasteiger partial charge in [-0.3, -0.25) is 14.2 Å². The highest BCUT2D eigenvalue weighted by atomic mass is 16.5. The van der Waals surface area contributed by atoms with Crippen LogP contribution in [0.1, 0.15) is 37.9 Å². The van der Waals surface area contributed by atoms with E-state index in [1.807, 2.05) is 0 Å². The lowest BCUT2D eigenvalue weighted by atomic mass is 10.1.